The van der Waals surface area contributed by atoms with E-state index in [0.717, 1.165) is 22.0 Å². The van der Waals surface area contributed by atoms with E-state index in [-0.39, 0.29) is 17.6 Å². The fourth-order valence-electron chi connectivity index (χ4n) is 3.26. The second kappa shape index (κ2) is 10.7. The van der Waals surface area contributed by atoms with Gasteiger partial charge in [0.25, 0.3) is 11.8 Å². The van der Waals surface area contributed by atoms with Crippen molar-refractivity contribution in [3.63, 3.8) is 0 Å². The molecule has 0 spiro atoms. The monoisotopic (exact) mass is 460 g/mol. The number of phenolic OH excluding ortho intramolecular Hbond substituents is 1. The summed E-state index contributed by atoms with van der Waals surface area (Å²) in [4.78, 5) is 30.0. The zero-order valence-electron chi connectivity index (χ0n) is 17.9. The summed E-state index contributed by atoms with van der Waals surface area (Å²) in [6, 6.07) is 19.6. The smallest absolute Gasteiger partial charge is 0.251 e. The van der Waals surface area contributed by atoms with Crippen LogP contribution >= 0.6 is 11.8 Å². The molecule has 2 aromatic carbocycles. The number of nitrogens with one attached hydrogen (secondary N) is 2. The van der Waals surface area contributed by atoms with Gasteiger partial charge in [0.05, 0.1) is 5.69 Å². The molecule has 168 valence electrons. The topological polar surface area (TPSA) is 95.7 Å². The molecule has 0 aliphatic carbocycles. The Labute approximate surface area is 195 Å². The molecule has 2 aromatic heterocycles. The molecular formula is C25H24N4O3S. The van der Waals surface area contributed by atoms with E-state index in [2.05, 4.69) is 15.6 Å². The van der Waals surface area contributed by atoms with Gasteiger partial charge in [0.1, 0.15) is 11.4 Å². The molecule has 0 saturated heterocycles. The van der Waals surface area contributed by atoms with Crippen LogP contribution in [0.5, 0.6) is 5.75 Å². The van der Waals surface area contributed by atoms with Gasteiger partial charge in [0.2, 0.25) is 0 Å². The van der Waals surface area contributed by atoms with E-state index in [9.17, 15) is 14.7 Å². The number of hydrogen-bond acceptors (Lipinski definition) is 5. The summed E-state index contributed by atoms with van der Waals surface area (Å²) in [5, 5.41) is 15.1. The maximum atomic E-state index is 12.3. The lowest BCUT2D eigenvalue weighted by Gasteiger charge is -2.08. The number of pyridine rings is 1. The Morgan fingerprint density at radius 2 is 1.67 bits per heavy atom. The molecular weight excluding hydrogens is 436 g/mol. The highest BCUT2D eigenvalue weighted by Crippen LogP contribution is 2.23. The molecule has 0 fully saturated rings. The first-order valence-corrected chi connectivity index (χ1v) is 11.6. The van der Waals surface area contributed by atoms with E-state index < -0.39 is 0 Å². The largest absolute Gasteiger partial charge is 0.508 e. The molecule has 0 unspecified atom stereocenters. The maximum absolute atomic E-state index is 12.3. The van der Waals surface area contributed by atoms with Gasteiger partial charge in [-0.3, -0.25) is 9.59 Å². The number of amides is 2. The molecule has 4 aromatic rings. The van der Waals surface area contributed by atoms with Crippen LogP contribution in [0.4, 0.5) is 0 Å². The number of carbonyl (C=O) groups excluding carboxylic acids is 2. The minimum atomic E-state index is -0.256. The molecule has 0 bridgehead atoms. The lowest BCUT2D eigenvalue weighted by Crippen LogP contribution is -2.29. The molecule has 0 atom stereocenters. The summed E-state index contributed by atoms with van der Waals surface area (Å²) in [5.74, 6) is 0.399. The predicted molar refractivity (Wildman–Crippen MR) is 129 cm³/mol. The third-order valence-corrected chi connectivity index (χ3v) is 6.00. The standard InChI is InChI=1S/C25H24N4O3S/c30-21-6-3-5-19(15-21)25(32)27-13-4-12-26-24(31)18-8-10-22(11-9-18)33-17-20-16-29-14-2-1-7-23(29)28-20/h1-3,5-11,14-16,30H,4,12-13,17H2,(H,26,31)(H,27,32). The molecule has 8 heteroatoms. The normalized spacial score (nSPS) is 10.8. The first-order valence-electron chi connectivity index (χ1n) is 10.6. The Kier molecular flexibility index (Phi) is 7.26. The van der Waals surface area contributed by atoms with E-state index in [1.165, 1.54) is 12.1 Å². The predicted octanol–water partition coefficient (Wildman–Crippen LogP) is 3.88. The average Bonchev–Trinajstić information content (AvgIpc) is 3.26. The number of phenols is 1. The van der Waals surface area contributed by atoms with Crippen LogP contribution in [0.15, 0.2) is 84.0 Å². The lowest BCUT2D eigenvalue weighted by atomic mass is 10.2. The zero-order valence-corrected chi connectivity index (χ0v) is 18.7. The lowest BCUT2D eigenvalue weighted by molar-refractivity contribution is 0.0951. The van der Waals surface area contributed by atoms with E-state index in [0.29, 0.717) is 30.6 Å². The van der Waals surface area contributed by atoms with Crippen LogP contribution in [-0.4, -0.2) is 39.4 Å². The number of aromatic nitrogens is 2. The summed E-state index contributed by atoms with van der Waals surface area (Å²) in [7, 11) is 0. The third kappa shape index (κ3) is 6.14. The highest BCUT2D eigenvalue weighted by molar-refractivity contribution is 7.98. The van der Waals surface area contributed by atoms with Crippen molar-refractivity contribution in [1.82, 2.24) is 20.0 Å². The van der Waals surface area contributed by atoms with Crippen molar-refractivity contribution in [3.05, 3.63) is 95.9 Å². The van der Waals surface area contributed by atoms with Crippen molar-refractivity contribution >= 4 is 29.2 Å². The van der Waals surface area contributed by atoms with Crippen molar-refractivity contribution < 1.29 is 14.7 Å². The van der Waals surface area contributed by atoms with Crippen LogP contribution in [0.25, 0.3) is 5.65 Å². The van der Waals surface area contributed by atoms with E-state index in [1.807, 2.05) is 59.3 Å². The van der Waals surface area contributed by atoms with Crippen LogP contribution in [-0.2, 0) is 5.75 Å². The van der Waals surface area contributed by atoms with Crippen LogP contribution in [0, 0.1) is 0 Å². The van der Waals surface area contributed by atoms with Gasteiger partial charge in [0.15, 0.2) is 0 Å². The van der Waals surface area contributed by atoms with E-state index >= 15 is 0 Å². The van der Waals surface area contributed by atoms with Crippen LogP contribution in [0.3, 0.4) is 0 Å². The Balaban J connectivity index is 1.18. The Hall–Kier alpha value is -3.78. The van der Waals surface area contributed by atoms with Gasteiger partial charge in [-0.15, -0.1) is 11.8 Å². The summed E-state index contributed by atoms with van der Waals surface area (Å²) in [5.41, 5.74) is 2.93. The van der Waals surface area contributed by atoms with Crippen LogP contribution in [0.2, 0.25) is 0 Å². The third-order valence-electron chi connectivity index (χ3n) is 4.95. The quantitative estimate of drug-likeness (QED) is 0.260. The zero-order chi connectivity index (χ0) is 23.0. The van der Waals surface area contributed by atoms with Crippen molar-refractivity contribution in [2.45, 2.75) is 17.1 Å². The second-order valence-electron chi connectivity index (χ2n) is 7.43. The molecule has 7 nitrogen and oxygen atoms in total. The highest BCUT2D eigenvalue weighted by Gasteiger charge is 2.08. The molecule has 33 heavy (non-hydrogen) atoms. The van der Waals surface area contributed by atoms with Crippen molar-refractivity contribution in [3.8, 4) is 5.75 Å². The summed E-state index contributed by atoms with van der Waals surface area (Å²) < 4.78 is 2.00. The minimum Gasteiger partial charge on any atom is -0.508 e. The average molecular weight is 461 g/mol. The second-order valence-corrected chi connectivity index (χ2v) is 8.48. The molecule has 0 aliphatic heterocycles. The Morgan fingerprint density at radius 1 is 0.909 bits per heavy atom. The van der Waals surface area contributed by atoms with E-state index in [1.54, 1.807) is 23.9 Å². The highest BCUT2D eigenvalue weighted by atomic mass is 32.2. The van der Waals surface area contributed by atoms with Gasteiger partial charge in [-0.05, 0) is 61.0 Å². The van der Waals surface area contributed by atoms with Gasteiger partial charge < -0.3 is 20.1 Å². The number of imidazole rings is 1. The summed E-state index contributed by atoms with van der Waals surface area (Å²) >= 11 is 1.67. The number of benzene rings is 2. The van der Waals surface area contributed by atoms with E-state index in [4.69, 9.17) is 0 Å². The fourth-order valence-corrected chi connectivity index (χ4v) is 4.04. The maximum Gasteiger partial charge on any atom is 0.251 e. The van der Waals surface area contributed by atoms with Crippen LogP contribution in [0.1, 0.15) is 32.8 Å². The SMILES string of the molecule is O=C(NCCCNC(=O)c1cccc(O)c1)c1ccc(SCc2cn3ccccc3n2)cc1. The van der Waals surface area contributed by atoms with Gasteiger partial charge >= 0.3 is 0 Å². The summed E-state index contributed by atoms with van der Waals surface area (Å²) in [6.45, 7) is 0.872. The number of thioether (sulfide) groups is 1. The molecule has 0 aliphatic rings. The van der Waals surface area contributed by atoms with Gasteiger partial charge in [0, 0.05) is 47.3 Å². The summed E-state index contributed by atoms with van der Waals surface area (Å²) in [6.07, 6.45) is 4.60. The van der Waals surface area contributed by atoms with Gasteiger partial charge in [-0.25, -0.2) is 4.98 Å². The first-order chi connectivity index (χ1) is 16.1. The van der Waals surface area contributed by atoms with Crippen LogP contribution < -0.4 is 10.6 Å². The minimum absolute atomic E-state index is 0.0505. The van der Waals surface area contributed by atoms with Gasteiger partial charge in [-0.1, -0.05) is 12.1 Å². The van der Waals surface area contributed by atoms with Crippen molar-refractivity contribution in [1.29, 1.82) is 0 Å². The number of fused-ring (bicyclic) bond motifs is 1. The number of rotatable bonds is 9. The molecule has 2 amide bonds. The number of carbonyl (C=O) groups is 2. The number of aromatic hydroxyl groups is 1. The fraction of sp³-hybridized carbons (Fsp3) is 0.160. The molecule has 0 saturated carbocycles. The number of hydrogen-bond donors (Lipinski definition) is 3. The van der Waals surface area contributed by atoms with Gasteiger partial charge in [-0.2, -0.15) is 0 Å². The first kappa shape index (κ1) is 22.4. The Morgan fingerprint density at radius 3 is 2.39 bits per heavy atom. The molecule has 4 rings (SSSR count). The number of nitrogens with zero attached hydrogens (tertiary/aromatic N) is 2. The van der Waals surface area contributed by atoms with Crippen molar-refractivity contribution in [2.75, 3.05) is 13.1 Å². The molecule has 0 radical (unpaired) electrons. The Bertz CT molecular complexity index is 1220. The molecule has 3 N–H and O–H groups in total. The molecule has 2 heterocycles. The van der Waals surface area contributed by atoms with Crippen molar-refractivity contribution in [2.24, 2.45) is 0 Å².